The molecule has 0 saturated carbocycles. The van der Waals surface area contributed by atoms with Gasteiger partial charge in [-0.3, -0.25) is 4.79 Å². The van der Waals surface area contributed by atoms with Crippen molar-refractivity contribution in [3.05, 3.63) is 0 Å². The summed E-state index contributed by atoms with van der Waals surface area (Å²) in [5, 5.41) is 3.09. The Labute approximate surface area is 141 Å². The van der Waals surface area contributed by atoms with Crippen LogP contribution in [0.2, 0.25) is 0 Å². The van der Waals surface area contributed by atoms with Crippen molar-refractivity contribution >= 4 is 12.0 Å². The summed E-state index contributed by atoms with van der Waals surface area (Å²) in [7, 11) is 0. The fourth-order valence-corrected chi connectivity index (χ4v) is 2.73. The zero-order valence-corrected chi connectivity index (χ0v) is 15.6. The molecule has 0 aromatic carbocycles. The van der Waals surface area contributed by atoms with E-state index in [-0.39, 0.29) is 24.0 Å². The van der Waals surface area contributed by atoms with E-state index in [0.717, 1.165) is 12.8 Å². The molecule has 1 saturated heterocycles. The Bertz CT molecular complexity index is 402. The molecule has 5 heteroatoms. The van der Waals surface area contributed by atoms with Crippen LogP contribution < -0.4 is 5.32 Å². The number of carbonyl (C=O) groups is 2. The SMILES string of the molecule is CC(C)CCCC(C)NC(=O)C1CCN(C(=O)OC(C)(C)C)C1. The second-order valence-electron chi connectivity index (χ2n) is 8.15. The molecule has 2 unspecified atom stereocenters. The predicted molar refractivity (Wildman–Crippen MR) is 92.2 cm³/mol. The van der Waals surface area contributed by atoms with E-state index in [0.29, 0.717) is 25.4 Å². The van der Waals surface area contributed by atoms with Gasteiger partial charge in [0.1, 0.15) is 5.60 Å². The summed E-state index contributed by atoms with van der Waals surface area (Å²) >= 11 is 0. The molecule has 1 N–H and O–H groups in total. The molecule has 134 valence electrons. The highest BCUT2D eigenvalue weighted by Crippen LogP contribution is 2.20. The van der Waals surface area contributed by atoms with Crippen LogP contribution in [-0.2, 0) is 9.53 Å². The van der Waals surface area contributed by atoms with Crippen molar-refractivity contribution in [3.8, 4) is 0 Å². The minimum Gasteiger partial charge on any atom is -0.444 e. The summed E-state index contributed by atoms with van der Waals surface area (Å²) in [5.74, 6) is 0.651. The standard InChI is InChI=1S/C18H34N2O3/c1-13(2)8-7-9-14(3)19-16(21)15-10-11-20(12-15)17(22)23-18(4,5)6/h13-15H,7-12H2,1-6H3,(H,19,21). The lowest BCUT2D eigenvalue weighted by atomic mass is 10.0. The molecule has 1 heterocycles. The van der Waals surface area contributed by atoms with Gasteiger partial charge in [-0.15, -0.1) is 0 Å². The molecule has 0 aromatic heterocycles. The molecule has 0 aromatic rings. The Morgan fingerprint density at radius 2 is 1.87 bits per heavy atom. The minimum absolute atomic E-state index is 0.0631. The summed E-state index contributed by atoms with van der Waals surface area (Å²) in [4.78, 5) is 26.0. The maximum atomic E-state index is 12.3. The third-order valence-electron chi connectivity index (χ3n) is 4.02. The third-order valence-corrected chi connectivity index (χ3v) is 4.02. The zero-order valence-electron chi connectivity index (χ0n) is 15.6. The highest BCUT2D eigenvalue weighted by molar-refractivity contribution is 5.80. The van der Waals surface area contributed by atoms with Crippen molar-refractivity contribution < 1.29 is 14.3 Å². The first-order chi connectivity index (χ1) is 10.6. The quantitative estimate of drug-likeness (QED) is 0.811. The Morgan fingerprint density at radius 3 is 2.43 bits per heavy atom. The van der Waals surface area contributed by atoms with Crippen molar-refractivity contribution in [2.45, 2.75) is 78.9 Å². The molecule has 23 heavy (non-hydrogen) atoms. The maximum absolute atomic E-state index is 12.3. The van der Waals surface area contributed by atoms with Gasteiger partial charge < -0.3 is 15.0 Å². The van der Waals surface area contributed by atoms with Gasteiger partial charge in [0.05, 0.1) is 5.92 Å². The van der Waals surface area contributed by atoms with Crippen molar-refractivity contribution in [2.24, 2.45) is 11.8 Å². The molecule has 1 fully saturated rings. The lowest BCUT2D eigenvalue weighted by molar-refractivity contribution is -0.125. The summed E-state index contributed by atoms with van der Waals surface area (Å²) in [6.45, 7) is 13.1. The van der Waals surface area contributed by atoms with Crippen LogP contribution in [0.15, 0.2) is 0 Å². The van der Waals surface area contributed by atoms with Crippen LogP contribution in [0.25, 0.3) is 0 Å². The van der Waals surface area contributed by atoms with Gasteiger partial charge >= 0.3 is 6.09 Å². The number of nitrogens with zero attached hydrogens (tertiary/aromatic N) is 1. The van der Waals surface area contributed by atoms with Crippen LogP contribution in [0.4, 0.5) is 4.79 Å². The van der Waals surface area contributed by atoms with Crippen molar-refractivity contribution in [3.63, 3.8) is 0 Å². The van der Waals surface area contributed by atoms with E-state index in [1.54, 1.807) is 4.90 Å². The van der Waals surface area contributed by atoms with Gasteiger partial charge in [0.25, 0.3) is 0 Å². The Balaban J connectivity index is 2.34. The molecule has 0 aliphatic carbocycles. The van der Waals surface area contributed by atoms with Crippen LogP contribution in [0.3, 0.4) is 0 Å². The van der Waals surface area contributed by atoms with E-state index in [2.05, 4.69) is 26.1 Å². The molecule has 1 aliphatic rings. The molecule has 2 amide bonds. The molecule has 5 nitrogen and oxygen atoms in total. The van der Waals surface area contributed by atoms with Gasteiger partial charge in [-0.1, -0.05) is 26.7 Å². The number of nitrogens with one attached hydrogen (secondary N) is 1. The molecule has 0 radical (unpaired) electrons. The second kappa shape index (κ2) is 8.55. The van der Waals surface area contributed by atoms with Crippen LogP contribution in [0.5, 0.6) is 0 Å². The van der Waals surface area contributed by atoms with Gasteiger partial charge in [0.15, 0.2) is 0 Å². The number of carbonyl (C=O) groups excluding carboxylic acids is 2. The van der Waals surface area contributed by atoms with Gasteiger partial charge in [-0.2, -0.15) is 0 Å². The van der Waals surface area contributed by atoms with Gasteiger partial charge in [-0.25, -0.2) is 4.79 Å². The predicted octanol–water partition coefficient (Wildman–Crippen LogP) is 3.57. The minimum atomic E-state index is -0.498. The first-order valence-corrected chi connectivity index (χ1v) is 8.86. The van der Waals surface area contributed by atoms with Crippen LogP contribution in [-0.4, -0.2) is 41.6 Å². The van der Waals surface area contributed by atoms with E-state index in [1.807, 2.05) is 20.8 Å². The van der Waals surface area contributed by atoms with Gasteiger partial charge in [-0.05, 0) is 46.5 Å². The topological polar surface area (TPSA) is 58.6 Å². The first kappa shape index (κ1) is 19.8. The molecular weight excluding hydrogens is 292 g/mol. The van der Waals surface area contributed by atoms with E-state index in [9.17, 15) is 9.59 Å². The molecule has 0 bridgehead atoms. The van der Waals surface area contributed by atoms with E-state index in [4.69, 9.17) is 4.74 Å². The van der Waals surface area contributed by atoms with Crippen LogP contribution in [0.1, 0.15) is 67.2 Å². The Hall–Kier alpha value is -1.26. The van der Waals surface area contributed by atoms with Gasteiger partial charge in [0.2, 0.25) is 5.91 Å². The molecular formula is C18H34N2O3. The summed E-state index contributed by atoms with van der Waals surface area (Å²) in [6, 6.07) is 0.192. The lowest BCUT2D eigenvalue weighted by Crippen LogP contribution is -2.40. The number of likely N-dealkylation sites (tertiary alicyclic amines) is 1. The van der Waals surface area contributed by atoms with E-state index >= 15 is 0 Å². The van der Waals surface area contributed by atoms with Crippen LogP contribution >= 0.6 is 0 Å². The Morgan fingerprint density at radius 1 is 1.22 bits per heavy atom. The number of hydrogen-bond acceptors (Lipinski definition) is 3. The smallest absolute Gasteiger partial charge is 0.410 e. The number of rotatable bonds is 6. The Kier molecular flexibility index (Phi) is 7.36. The monoisotopic (exact) mass is 326 g/mol. The number of amides is 2. The average Bonchev–Trinajstić information content (AvgIpc) is 2.85. The second-order valence-corrected chi connectivity index (χ2v) is 8.15. The van der Waals surface area contributed by atoms with Crippen molar-refractivity contribution in [1.82, 2.24) is 10.2 Å². The van der Waals surface area contributed by atoms with Gasteiger partial charge in [0, 0.05) is 19.1 Å². The molecule has 0 spiro atoms. The average molecular weight is 326 g/mol. The van der Waals surface area contributed by atoms with E-state index < -0.39 is 5.60 Å². The van der Waals surface area contributed by atoms with Crippen LogP contribution in [0, 0.1) is 11.8 Å². The molecule has 1 rings (SSSR count). The first-order valence-electron chi connectivity index (χ1n) is 8.86. The maximum Gasteiger partial charge on any atom is 0.410 e. The fourth-order valence-electron chi connectivity index (χ4n) is 2.73. The number of ether oxygens (including phenoxy) is 1. The lowest BCUT2D eigenvalue weighted by Gasteiger charge is -2.24. The summed E-state index contributed by atoms with van der Waals surface area (Å²) in [6.07, 6.45) is 3.72. The summed E-state index contributed by atoms with van der Waals surface area (Å²) in [5.41, 5.74) is -0.498. The third kappa shape index (κ3) is 7.71. The van der Waals surface area contributed by atoms with Crippen molar-refractivity contribution in [1.29, 1.82) is 0 Å². The zero-order chi connectivity index (χ0) is 17.6. The molecule has 2 atom stereocenters. The highest BCUT2D eigenvalue weighted by atomic mass is 16.6. The normalized spacial score (nSPS) is 19.8. The summed E-state index contributed by atoms with van der Waals surface area (Å²) < 4.78 is 5.36. The number of hydrogen-bond donors (Lipinski definition) is 1. The highest BCUT2D eigenvalue weighted by Gasteiger charge is 2.33. The molecule has 1 aliphatic heterocycles. The van der Waals surface area contributed by atoms with Crippen molar-refractivity contribution in [2.75, 3.05) is 13.1 Å². The van der Waals surface area contributed by atoms with E-state index in [1.165, 1.54) is 6.42 Å². The largest absolute Gasteiger partial charge is 0.444 e. The fraction of sp³-hybridized carbons (Fsp3) is 0.889.